The van der Waals surface area contributed by atoms with Gasteiger partial charge in [0, 0.05) is 24.1 Å². The summed E-state index contributed by atoms with van der Waals surface area (Å²) in [5, 5.41) is 12.2. The minimum absolute atomic E-state index is 0.0353. The van der Waals surface area contributed by atoms with E-state index in [1.54, 1.807) is 0 Å². The first-order chi connectivity index (χ1) is 16.5. The largest absolute Gasteiger partial charge is 0.480 e. The Bertz CT molecular complexity index is 1010. The molecule has 1 aliphatic carbocycles. The summed E-state index contributed by atoms with van der Waals surface area (Å²) in [6.45, 7) is 2.25. The third-order valence-electron chi connectivity index (χ3n) is 6.48. The number of carboxylic acids is 1. The van der Waals surface area contributed by atoms with E-state index < -0.39 is 24.1 Å². The fourth-order valence-electron chi connectivity index (χ4n) is 4.70. The van der Waals surface area contributed by atoms with Crippen LogP contribution in [-0.4, -0.2) is 58.3 Å². The van der Waals surface area contributed by atoms with E-state index in [1.165, 1.54) is 16.7 Å². The van der Waals surface area contributed by atoms with Gasteiger partial charge < -0.3 is 20.1 Å². The summed E-state index contributed by atoms with van der Waals surface area (Å²) in [5.41, 5.74) is 4.60. The predicted molar refractivity (Wildman–Crippen MR) is 132 cm³/mol. The highest BCUT2D eigenvalue weighted by atomic mass is 32.2. The summed E-state index contributed by atoms with van der Waals surface area (Å²) in [4.78, 5) is 38.4. The summed E-state index contributed by atoms with van der Waals surface area (Å²) in [7, 11) is 0. The Morgan fingerprint density at radius 2 is 1.76 bits per heavy atom. The van der Waals surface area contributed by atoms with Gasteiger partial charge in [-0.25, -0.2) is 9.59 Å². The second-order valence-corrected chi connectivity index (χ2v) is 9.73. The molecule has 0 saturated carbocycles. The minimum Gasteiger partial charge on any atom is -0.480 e. The number of rotatable bonds is 9. The summed E-state index contributed by atoms with van der Waals surface area (Å²) < 4.78 is 5.64. The molecule has 2 N–H and O–H groups in total. The van der Waals surface area contributed by atoms with Gasteiger partial charge in [-0.3, -0.25) is 4.79 Å². The number of hydrogen-bond donors (Lipinski definition) is 2. The van der Waals surface area contributed by atoms with Crippen molar-refractivity contribution in [2.24, 2.45) is 0 Å². The molecule has 2 atom stereocenters. The lowest BCUT2D eigenvalue weighted by Gasteiger charge is -2.24. The third kappa shape index (κ3) is 5.22. The maximum absolute atomic E-state index is 12.8. The molecule has 0 radical (unpaired) electrons. The molecule has 1 heterocycles. The summed E-state index contributed by atoms with van der Waals surface area (Å²) in [6.07, 6.45) is 1.91. The number of thioether (sulfide) groups is 1. The fraction of sp³-hybridized carbons (Fsp3) is 0.423. The Morgan fingerprint density at radius 1 is 1.12 bits per heavy atom. The first kappa shape index (κ1) is 24.1. The Labute approximate surface area is 203 Å². The molecule has 7 nitrogen and oxygen atoms in total. The molecule has 1 fully saturated rings. The van der Waals surface area contributed by atoms with E-state index >= 15 is 0 Å². The number of fused-ring (bicyclic) bond motifs is 3. The molecular formula is C26H30N2O5S. The molecule has 2 aromatic rings. The molecule has 34 heavy (non-hydrogen) atoms. The molecule has 1 aliphatic heterocycles. The van der Waals surface area contributed by atoms with Crippen molar-refractivity contribution >= 4 is 29.7 Å². The lowest BCUT2D eigenvalue weighted by Crippen LogP contribution is -2.45. The highest BCUT2D eigenvalue weighted by molar-refractivity contribution is 7.99. The molecule has 0 bridgehead atoms. The zero-order chi connectivity index (χ0) is 24.1. The number of carbonyl (C=O) groups is 3. The third-order valence-corrected chi connectivity index (χ3v) is 7.49. The van der Waals surface area contributed by atoms with Crippen LogP contribution >= 0.6 is 11.8 Å². The molecule has 0 aromatic heterocycles. The maximum atomic E-state index is 12.8. The van der Waals surface area contributed by atoms with Crippen molar-refractivity contribution in [3.05, 3.63) is 59.7 Å². The van der Waals surface area contributed by atoms with Crippen molar-refractivity contribution in [1.29, 1.82) is 0 Å². The second-order valence-electron chi connectivity index (χ2n) is 8.73. The maximum Gasteiger partial charge on any atom is 0.407 e. The molecule has 1 saturated heterocycles. The van der Waals surface area contributed by atoms with E-state index in [-0.39, 0.29) is 24.9 Å². The number of hydrogen-bond acceptors (Lipinski definition) is 5. The molecule has 2 aliphatic rings. The fourth-order valence-corrected chi connectivity index (χ4v) is 5.88. The standard InChI is InChI=1S/C26H30N2O5S/c1-2-3-8-17(13-24(29)28-16-34-15-23(28)25(30)31)27-26(32)33-14-22-20-11-6-4-9-18(20)19-10-5-7-12-21(19)22/h4-7,9-12,17,22-23H,2-3,8,13-16H2,1H3,(H,27,32)(H,30,31)/t17-,23?/m0/s1. The summed E-state index contributed by atoms with van der Waals surface area (Å²) >= 11 is 1.43. The van der Waals surface area contributed by atoms with Gasteiger partial charge in [0.1, 0.15) is 12.6 Å². The molecule has 2 amide bonds. The molecule has 8 heteroatoms. The number of benzene rings is 2. The van der Waals surface area contributed by atoms with Crippen molar-refractivity contribution in [1.82, 2.24) is 10.2 Å². The Kier molecular flexibility index (Phi) is 7.77. The van der Waals surface area contributed by atoms with Crippen LogP contribution in [0, 0.1) is 0 Å². The van der Waals surface area contributed by atoms with Crippen molar-refractivity contribution in [2.75, 3.05) is 18.2 Å². The van der Waals surface area contributed by atoms with Gasteiger partial charge in [0.2, 0.25) is 5.91 Å². The van der Waals surface area contributed by atoms with E-state index in [0.717, 1.165) is 35.1 Å². The van der Waals surface area contributed by atoms with Crippen LogP contribution in [-0.2, 0) is 14.3 Å². The quantitative estimate of drug-likeness (QED) is 0.548. The van der Waals surface area contributed by atoms with Crippen molar-refractivity contribution in [3.8, 4) is 11.1 Å². The lowest BCUT2D eigenvalue weighted by atomic mass is 9.98. The van der Waals surface area contributed by atoms with Crippen molar-refractivity contribution < 1.29 is 24.2 Å². The zero-order valence-electron chi connectivity index (χ0n) is 19.2. The van der Waals surface area contributed by atoms with Gasteiger partial charge in [0.05, 0.1) is 5.88 Å². The van der Waals surface area contributed by atoms with Crippen LogP contribution in [0.2, 0.25) is 0 Å². The molecule has 180 valence electrons. The van der Waals surface area contributed by atoms with Crippen LogP contribution in [0.5, 0.6) is 0 Å². The molecule has 0 spiro atoms. The number of carbonyl (C=O) groups excluding carboxylic acids is 2. The van der Waals surface area contributed by atoms with E-state index in [1.807, 2.05) is 31.2 Å². The van der Waals surface area contributed by atoms with Gasteiger partial charge in [0.25, 0.3) is 0 Å². The molecule has 2 aromatic carbocycles. The van der Waals surface area contributed by atoms with Gasteiger partial charge in [0.15, 0.2) is 0 Å². The number of alkyl carbamates (subject to hydrolysis) is 1. The van der Waals surface area contributed by atoms with Crippen molar-refractivity contribution in [2.45, 2.75) is 50.6 Å². The average Bonchev–Trinajstić information content (AvgIpc) is 3.45. The number of amides is 2. The van der Waals surface area contributed by atoms with E-state index in [2.05, 4.69) is 29.6 Å². The van der Waals surface area contributed by atoms with Crippen molar-refractivity contribution in [3.63, 3.8) is 0 Å². The van der Waals surface area contributed by atoms with E-state index in [9.17, 15) is 19.5 Å². The second kappa shape index (κ2) is 11.0. The van der Waals surface area contributed by atoms with Crippen LogP contribution in [0.1, 0.15) is 49.7 Å². The first-order valence-corrected chi connectivity index (χ1v) is 12.9. The highest BCUT2D eigenvalue weighted by Crippen LogP contribution is 2.44. The van der Waals surface area contributed by atoms with Crippen LogP contribution in [0.3, 0.4) is 0 Å². The Morgan fingerprint density at radius 3 is 2.38 bits per heavy atom. The number of unbranched alkanes of at least 4 members (excludes halogenated alkanes) is 1. The van der Waals surface area contributed by atoms with Crippen LogP contribution in [0.4, 0.5) is 4.79 Å². The number of carboxylic acid groups (broad SMARTS) is 1. The molecule has 4 rings (SSSR count). The minimum atomic E-state index is -0.993. The number of aliphatic carboxylic acids is 1. The summed E-state index contributed by atoms with van der Waals surface area (Å²) in [6, 6.07) is 15.1. The van der Waals surface area contributed by atoms with E-state index in [4.69, 9.17) is 4.74 Å². The van der Waals surface area contributed by atoms with Crippen LogP contribution in [0.15, 0.2) is 48.5 Å². The number of ether oxygens (including phenoxy) is 1. The predicted octanol–water partition coefficient (Wildman–Crippen LogP) is 4.46. The van der Waals surface area contributed by atoms with Gasteiger partial charge in [-0.05, 0) is 28.7 Å². The topological polar surface area (TPSA) is 95.9 Å². The Hall–Kier alpha value is -3.00. The smallest absolute Gasteiger partial charge is 0.407 e. The zero-order valence-corrected chi connectivity index (χ0v) is 20.1. The van der Waals surface area contributed by atoms with Crippen LogP contribution < -0.4 is 5.32 Å². The average molecular weight is 483 g/mol. The monoisotopic (exact) mass is 482 g/mol. The number of nitrogens with zero attached hydrogens (tertiary/aromatic N) is 1. The molecular weight excluding hydrogens is 452 g/mol. The normalized spacial score (nSPS) is 17.7. The SMILES string of the molecule is CCCC[C@@H](CC(=O)N1CSCC1C(=O)O)NC(=O)OCC1c2ccccc2-c2ccccc21. The molecule has 1 unspecified atom stereocenters. The number of nitrogens with one attached hydrogen (secondary N) is 1. The van der Waals surface area contributed by atoms with Gasteiger partial charge in [-0.1, -0.05) is 68.3 Å². The summed E-state index contributed by atoms with van der Waals surface area (Å²) in [5.74, 6) is -0.529. The highest BCUT2D eigenvalue weighted by Gasteiger charge is 2.35. The van der Waals surface area contributed by atoms with E-state index in [0.29, 0.717) is 18.1 Å². The lowest BCUT2D eigenvalue weighted by molar-refractivity contribution is -0.148. The van der Waals surface area contributed by atoms with Gasteiger partial charge in [-0.2, -0.15) is 0 Å². The van der Waals surface area contributed by atoms with Crippen LogP contribution in [0.25, 0.3) is 11.1 Å². The van der Waals surface area contributed by atoms with Gasteiger partial charge in [-0.15, -0.1) is 11.8 Å². The Balaban J connectivity index is 1.38. The van der Waals surface area contributed by atoms with Gasteiger partial charge >= 0.3 is 12.1 Å². The first-order valence-electron chi connectivity index (χ1n) is 11.7.